The number of sulfonamides is 1. The fourth-order valence-electron chi connectivity index (χ4n) is 4.20. The van der Waals surface area contributed by atoms with Gasteiger partial charge in [-0.3, -0.25) is 0 Å². The van der Waals surface area contributed by atoms with Crippen molar-refractivity contribution in [3.05, 3.63) is 35.1 Å². The summed E-state index contributed by atoms with van der Waals surface area (Å²) in [5.41, 5.74) is 0.0994. The van der Waals surface area contributed by atoms with E-state index in [4.69, 9.17) is 4.74 Å². The lowest BCUT2D eigenvalue weighted by atomic mass is 9.82. The number of benzene rings is 1. The quantitative estimate of drug-likeness (QED) is 0.695. The fourth-order valence-corrected chi connectivity index (χ4v) is 5.03. The third-order valence-electron chi connectivity index (χ3n) is 5.60. The van der Waals surface area contributed by atoms with Crippen LogP contribution >= 0.6 is 0 Å². The van der Waals surface area contributed by atoms with Crippen LogP contribution in [0.1, 0.15) is 50.0 Å². The van der Waals surface area contributed by atoms with Gasteiger partial charge in [0.15, 0.2) is 11.6 Å². The summed E-state index contributed by atoms with van der Waals surface area (Å²) in [7, 11) is -3.29. The number of piperidine rings is 1. The Morgan fingerprint density at radius 2 is 1.86 bits per heavy atom. The smallest absolute Gasteiger partial charge is 0.209 e. The standard InChI is InChI=1S/C19H27F3N2O3S/c1-28(25,26)24-17-3-2-8-23-18(17)11-27-14-6-4-12(5-7-14)15-9-13(20)10-16(21)19(15)22/h9-10,12,14,17-18,23-24H,2-8,11H2,1H3/t12?,14?,17-,18-/m0/s1. The van der Waals surface area contributed by atoms with E-state index < -0.39 is 27.5 Å². The molecule has 28 heavy (non-hydrogen) atoms. The zero-order valence-electron chi connectivity index (χ0n) is 15.9. The molecule has 1 aliphatic carbocycles. The maximum Gasteiger partial charge on any atom is 0.209 e. The maximum absolute atomic E-state index is 14.0. The van der Waals surface area contributed by atoms with Crippen molar-refractivity contribution in [2.45, 2.75) is 62.6 Å². The molecule has 1 saturated heterocycles. The summed E-state index contributed by atoms with van der Waals surface area (Å²) in [6.07, 6.45) is 5.28. The van der Waals surface area contributed by atoms with E-state index in [-0.39, 0.29) is 29.7 Å². The van der Waals surface area contributed by atoms with Gasteiger partial charge in [0.25, 0.3) is 0 Å². The molecule has 2 N–H and O–H groups in total. The van der Waals surface area contributed by atoms with Gasteiger partial charge in [0.1, 0.15) is 5.82 Å². The minimum absolute atomic E-state index is 0.0275. The molecule has 1 saturated carbocycles. The summed E-state index contributed by atoms with van der Waals surface area (Å²) < 4.78 is 72.6. The molecule has 158 valence electrons. The first-order valence-electron chi connectivity index (χ1n) is 9.69. The Kier molecular flexibility index (Phi) is 7.01. The largest absolute Gasteiger partial charge is 0.377 e. The molecule has 1 aromatic carbocycles. The van der Waals surface area contributed by atoms with Crippen LogP contribution < -0.4 is 10.0 Å². The molecule has 2 fully saturated rings. The van der Waals surface area contributed by atoms with Crippen molar-refractivity contribution < 1.29 is 26.3 Å². The van der Waals surface area contributed by atoms with E-state index in [0.29, 0.717) is 38.4 Å². The molecular weight excluding hydrogens is 393 g/mol. The second kappa shape index (κ2) is 9.11. The number of ether oxygens (including phenoxy) is 1. The summed E-state index contributed by atoms with van der Waals surface area (Å²) in [5, 5.41) is 3.30. The van der Waals surface area contributed by atoms with E-state index in [9.17, 15) is 21.6 Å². The summed E-state index contributed by atoms with van der Waals surface area (Å²) in [6.45, 7) is 1.19. The lowest BCUT2D eigenvalue weighted by Gasteiger charge is -2.35. The van der Waals surface area contributed by atoms with Crippen molar-refractivity contribution in [1.29, 1.82) is 0 Å². The molecule has 2 atom stereocenters. The minimum Gasteiger partial charge on any atom is -0.377 e. The molecular formula is C19H27F3N2O3S. The first-order valence-corrected chi connectivity index (χ1v) is 11.6. The molecule has 0 amide bonds. The molecule has 0 aromatic heterocycles. The first-order chi connectivity index (χ1) is 13.2. The Bertz CT molecular complexity index is 783. The molecule has 0 spiro atoms. The fraction of sp³-hybridized carbons (Fsp3) is 0.684. The highest BCUT2D eigenvalue weighted by atomic mass is 32.2. The number of hydrogen-bond donors (Lipinski definition) is 2. The van der Waals surface area contributed by atoms with Gasteiger partial charge in [-0.1, -0.05) is 0 Å². The van der Waals surface area contributed by atoms with Gasteiger partial charge in [0.2, 0.25) is 10.0 Å². The van der Waals surface area contributed by atoms with Gasteiger partial charge in [-0.25, -0.2) is 26.3 Å². The Morgan fingerprint density at radius 1 is 1.14 bits per heavy atom. The molecule has 1 aliphatic heterocycles. The monoisotopic (exact) mass is 420 g/mol. The summed E-state index contributed by atoms with van der Waals surface area (Å²) in [5.74, 6) is -3.11. The average molecular weight is 420 g/mol. The van der Waals surface area contributed by atoms with Crippen molar-refractivity contribution in [2.24, 2.45) is 0 Å². The highest BCUT2D eigenvalue weighted by molar-refractivity contribution is 7.88. The number of rotatable bonds is 6. The Balaban J connectivity index is 1.52. The Morgan fingerprint density at radius 3 is 2.54 bits per heavy atom. The minimum atomic E-state index is -3.29. The second-order valence-electron chi connectivity index (χ2n) is 7.80. The lowest BCUT2D eigenvalue weighted by Crippen LogP contribution is -2.55. The van der Waals surface area contributed by atoms with E-state index >= 15 is 0 Å². The summed E-state index contributed by atoms with van der Waals surface area (Å²) in [6, 6.07) is 1.34. The molecule has 0 unspecified atom stereocenters. The van der Waals surface area contributed by atoms with Gasteiger partial charge in [0.05, 0.1) is 19.0 Å². The van der Waals surface area contributed by atoms with Gasteiger partial charge < -0.3 is 10.1 Å². The number of hydrogen-bond acceptors (Lipinski definition) is 4. The van der Waals surface area contributed by atoms with Crippen LogP contribution in [0.15, 0.2) is 12.1 Å². The van der Waals surface area contributed by atoms with Crippen molar-refractivity contribution in [1.82, 2.24) is 10.0 Å². The van der Waals surface area contributed by atoms with E-state index in [1.807, 2.05) is 0 Å². The summed E-state index contributed by atoms with van der Waals surface area (Å²) >= 11 is 0. The van der Waals surface area contributed by atoms with Crippen LogP contribution in [0.4, 0.5) is 13.2 Å². The van der Waals surface area contributed by atoms with E-state index in [2.05, 4.69) is 10.0 Å². The average Bonchev–Trinajstić information content (AvgIpc) is 2.63. The molecule has 0 radical (unpaired) electrons. The molecule has 1 aromatic rings. The van der Waals surface area contributed by atoms with Gasteiger partial charge in [-0.15, -0.1) is 0 Å². The van der Waals surface area contributed by atoms with Gasteiger partial charge in [0, 0.05) is 18.2 Å². The van der Waals surface area contributed by atoms with Gasteiger partial charge in [-0.2, -0.15) is 0 Å². The van der Waals surface area contributed by atoms with E-state index in [1.54, 1.807) is 0 Å². The Hall–Kier alpha value is -1.16. The molecule has 2 aliphatic rings. The van der Waals surface area contributed by atoms with Crippen LogP contribution in [0.3, 0.4) is 0 Å². The van der Waals surface area contributed by atoms with E-state index in [1.165, 1.54) is 0 Å². The van der Waals surface area contributed by atoms with Crippen molar-refractivity contribution >= 4 is 10.0 Å². The van der Waals surface area contributed by atoms with Crippen molar-refractivity contribution in [3.63, 3.8) is 0 Å². The highest BCUT2D eigenvalue weighted by Crippen LogP contribution is 2.36. The molecule has 1 heterocycles. The van der Waals surface area contributed by atoms with Crippen LogP contribution in [0.2, 0.25) is 0 Å². The zero-order chi connectivity index (χ0) is 20.3. The van der Waals surface area contributed by atoms with Crippen molar-refractivity contribution in [2.75, 3.05) is 19.4 Å². The van der Waals surface area contributed by atoms with Crippen LogP contribution in [0, 0.1) is 17.5 Å². The van der Waals surface area contributed by atoms with Crippen LogP contribution in [-0.2, 0) is 14.8 Å². The lowest BCUT2D eigenvalue weighted by molar-refractivity contribution is 0.00503. The zero-order valence-corrected chi connectivity index (χ0v) is 16.7. The predicted molar refractivity (Wildman–Crippen MR) is 100 cm³/mol. The van der Waals surface area contributed by atoms with Gasteiger partial charge >= 0.3 is 0 Å². The molecule has 3 rings (SSSR count). The summed E-state index contributed by atoms with van der Waals surface area (Å²) in [4.78, 5) is 0. The normalized spacial score (nSPS) is 29.0. The number of nitrogens with one attached hydrogen (secondary N) is 2. The third-order valence-corrected chi connectivity index (χ3v) is 6.33. The SMILES string of the molecule is CS(=O)(=O)N[C@H]1CCCN[C@H]1COC1CCC(c2cc(F)cc(F)c2F)CC1. The van der Waals surface area contributed by atoms with Gasteiger partial charge in [-0.05, 0) is 62.6 Å². The van der Waals surface area contributed by atoms with Crippen LogP contribution in [-0.4, -0.2) is 46.0 Å². The highest BCUT2D eigenvalue weighted by Gasteiger charge is 2.30. The third kappa shape index (κ3) is 5.68. The van der Waals surface area contributed by atoms with Crippen LogP contribution in [0.25, 0.3) is 0 Å². The number of halogens is 3. The second-order valence-corrected chi connectivity index (χ2v) is 9.58. The molecule has 0 bridgehead atoms. The van der Waals surface area contributed by atoms with Crippen LogP contribution in [0.5, 0.6) is 0 Å². The molecule has 9 heteroatoms. The molecule has 5 nitrogen and oxygen atoms in total. The Labute approximate surface area is 164 Å². The predicted octanol–water partition coefficient (Wildman–Crippen LogP) is 2.82. The topological polar surface area (TPSA) is 67.4 Å². The first kappa shape index (κ1) is 21.5. The van der Waals surface area contributed by atoms with Crippen molar-refractivity contribution in [3.8, 4) is 0 Å². The maximum atomic E-state index is 14.0. The van der Waals surface area contributed by atoms with E-state index in [0.717, 1.165) is 31.7 Å².